The molecule has 0 saturated carbocycles. The van der Waals surface area contributed by atoms with Crippen LogP contribution in [-0.4, -0.2) is 61.4 Å². The van der Waals surface area contributed by atoms with Crippen LogP contribution < -0.4 is 0 Å². The van der Waals surface area contributed by atoms with Gasteiger partial charge in [0.2, 0.25) is 0 Å². The largest absolute Gasteiger partial charge is 0.465 e. The first-order chi connectivity index (χ1) is 26.0. The van der Waals surface area contributed by atoms with E-state index in [9.17, 15) is 14.7 Å². The Morgan fingerprint density at radius 3 is 1.04 bits per heavy atom. The molecule has 0 spiro atoms. The van der Waals surface area contributed by atoms with Crippen LogP contribution in [0.25, 0.3) is 0 Å². The zero-order chi connectivity index (χ0) is 38.9. The maximum atomic E-state index is 12.9. The Hall–Kier alpha value is -1.14. The molecule has 0 rings (SSSR count). The lowest BCUT2D eigenvalue weighted by Gasteiger charge is -2.22. The van der Waals surface area contributed by atoms with Crippen molar-refractivity contribution in [3.63, 3.8) is 0 Å². The summed E-state index contributed by atoms with van der Waals surface area (Å²) in [6.45, 7) is 13.4. The number of esters is 2. The van der Waals surface area contributed by atoms with Crippen molar-refractivity contribution in [2.45, 2.75) is 240 Å². The number of carbonyl (C=O) groups excluding carboxylic acids is 2. The fraction of sp³-hybridized carbons (Fsp3) is 0.957. The third kappa shape index (κ3) is 35.0. The van der Waals surface area contributed by atoms with Crippen molar-refractivity contribution in [1.82, 2.24) is 4.90 Å². The molecule has 0 aliphatic heterocycles. The molecule has 316 valence electrons. The second kappa shape index (κ2) is 42.0. The van der Waals surface area contributed by atoms with E-state index in [0.29, 0.717) is 13.2 Å². The number of aliphatic hydroxyl groups excluding tert-OH is 1. The lowest BCUT2D eigenvalue weighted by atomic mass is 9.94. The molecule has 0 aliphatic carbocycles. The summed E-state index contributed by atoms with van der Waals surface area (Å²) >= 11 is 0. The summed E-state index contributed by atoms with van der Waals surface area (Å²) < 4.78 is 11.6. The van der Waals surface area contributed by atoms with E-state index in [0.717, 1.165) is 129 Å². The first kappa shape index (κ1) is 51.9. The SMILES string of the molecule is CCCCCCCCC(CCCCCC)C(=O)OCCCCCCN(CCCO)CCCCCCOC(=O)C(CCCCCC)CCCCCCCC. The van der Waals surface area contributed by atoms with Crippen LogP contribution in [0.3, 0.4) is 0 Å². The molecule has 6 heteroatoms. The Bertz CT molecular complexity index is 703. The highest BCUT2D eigenvalue weighted by atomic mass is 16.5. The fourth-order valence-corrected chi connectivity index (χ4v) is 7.53. The third-order valence-corrected chi connectivity index (χ3v) is 11.1. The molecular weight excluding hydrogens is 659 g/mol. The molecule has 0 heterocycles. The number of carbonyl (C=O) groups is 2. The van der Waals surface area contributed by atoms with Crippen molar-refractivity contribution >= 4 is 11.9 Å². The Balaban J connectivity index is 4.28. The minimum atomic E-state index is 0.0499. The summed E-state index contributed by atoms with van der Waals surface area (Å²) in [4.78, 5) is 28.4. The van der Waals surface area contributed by atoms with Gasteiger partial charge in [0.05, 0.1) is 25.0 Å². The molecule has 53 heavy (non-hydrogen) atoms. The van der Waals surface area contributed by atoms with Crippen molar-refractivity contribution in [2.24, 2.45) is 11.8 Å². The maximum absolute atomic E-state index is 12.9. The van der Waals surface area contributed by atoms with Gasteiger partial charge >= 0.3 is 11.9 Å². The Morgan fingerprint density at radius 1 is 0.396 bits per heavy atom. The minimum Gasteiger partial charge on any atom is -0.465 e. The van der Waals surface area contributed by atoms with Gasteiger partial charge in [0.15, 0.2) is 0 Å². The van der Waals surface area contributed by atoms with E-state index >= 15 is 0 Å². The summed E-state index contributed by atoms with van der Waals surface area (Å²) in [7, 11) is 0. The van der Waals surface area contributed by atoms with E-state index < -0.39 is 0 Å². The van der Waals surface area contributed by atoms with Crippen LogP contribution in [0, 0.1) is 11.8 Å². The predicted octanol–water partition coefficient (Wildman–Crippen LogP) is 13.6. The van der Waals surface area contributed by atoms with Gasteiger partial charge in [-0.2, -0.15) is 0 Å². The van der Waals surface area contributed by atoms with Gasteiger partial charge in [-0.1, -0.05) is 182 Å². The number of rotatable bonds is 43. The Kier molecular flexibility index (Phi) is 41.1. The summed E-state index contributed by atoms with van der Waals surface area (Å²) in [5.41, 5.74) is 0. The van der Waals surface area contributed by atoms with E-state index in [2.05, 4.69) is 32.6 Å². The van der Waals surface area contributed by atoms with Gasteiger partial charge in [0.1, 0.15) is 0 Å². The highest BCUT2D eigenvalue weighted by molar-refractivity contribution is 5.72. The molecule has 6 nitrogen and oxygen atoms in total. The highest BCUT2D eigenvalue weighted by Gasteiger charge is 2.20. The van der Waals surface area contributed by atoms with Gasteiger partial charge in [0.25, 0.3) is 0 Å². The second-order valence-electron chi connectivity index (χ2n) is 16.3. The number of nitrogens with zero attached hydrogens (tertiary/aromatic N) is 1. The summed E-state index contributed by atoms with van der Waals surface area (Å²) in [6, 6.07) is 0. The van der Waals surface area contributed by atoms with Gasteiger partial charge in [0, 0.05) is 13.2 Å². The van der Waals surface area contributed by atoms with E-state index in [1.54, 1.807) is 0 Å². The van der Waals surface area contributed by atoms with Crippen LogP contribution in [0.1, 0.15) is 240 Å². The smallest absolute Gasteiger partial charge is 0.308 e. The topological polar surface area (TPSA) is 76.1 Å². The zero-order valence-corrected chi connectivity index (χ0v) is 36.3. The Labute approximate surface area is 331 Å². The Morgan fingerprint density at radius 2 is 0.679 bits per heavy atom. The molecule has 2 atom stereocenters. The van der Waals surface area contributed by atoms with Crippen LogP contribution in [0.5, 0.6) is 0 Å². The fourth-order valence-electron chi connectivity index (χ4n) is 7.53. The molecule has 0 bridgehead atoms. The van der Waals surface area contributed by atoms with Crippen LogP contribution in [0.4, 0.5) is 0 Å². The predicted molar refractivity (Wildman–Crippen MR) is 227 cm³/mol. The summed E-state index contributed by atoms with van der Waals surface area (Å²) in [6.07, 6.45) is 38.4. The molecule has 0 aliphatic rings. The monoisotopic (exact) mass is 752 g/mol. The van der Waals surface area contributed by atoms with Gasteiger partial charge in [-0.05, 0) is 70.9 Å². The van der Waals surface area contributed by atoms with Crippen LogP contribution in [-0.2, 0) is 19.1 Å². The van der Waals surface area contributed by atoms with Crippen molar-refractivity contribution in [2.75, 3.05) is 39.5 Å². The van der Waals surface area contributed by atoms with Crippen LogP contribution in [0.15, 0.2) is 0 Å². The van der Waals surface area contributed by atoms with Gasteiger partial charge in [-0.3, -0.25) is 9.59 Å². The minimum absolute atomic E-state index is 0.0499. The molecule has 2 unspecified atom stereocenters. The average Bonchev–Trinajstić information content (AvgIpc) is 3.16. The van der Waals surface area contributed by atoms with Gasteiger partial charge < -0.3 is 19.5 Å². The third-order valence-electron chi connectivity index (χ3n) is 11.1. The first-order valence-electron chi connectivity index (χ1n) is 23.7. The number of hydrogen-bond donors (Lipinski definition) is 1. The summed E-state index contributed by atoms with van der Waals surface area (Å²) in [5.74, 6) is 0.276. The second-order valence-corrected chi connectivity index (χ2v) is 16.3. The van der Waals surface area contributed by atoms with Crippen LogP contribution in [0.2, 0.25) is 0 Å². The highest BCUT2D eigenvalue weighted by Crippen LogP contribution is 2.22. The first-order valence-corrected chi connectivity index (χ1v) is 23.7. The van der Waals surface area contributed by atoms with E-state index in [1.807, 2.05) is 0 Å². The lowest BCUT2D eigenvalue weighted by Crippen LogP contribution is -2.28. The summed E-state index contributed by atoms with van der Waals surface area (Å²) in [5, 5.41) is 9.44. The quantitative estimate of drug-likeness (QED) is 0.0494. The number of aliphatic hydroxyl groups is 1. The van der Waals surface area contributed by atoms with Gasteiger partial charge in [-0.15, -0.1) is 0 Å². The zero-order valence-electron chi connectivity index (χ0n) is 36.3. The molecule has 0 amide bonds. The van der Waals surface area contributed by atoms with Crippen molar-refractivity contribution in [1.29, 1.82) is 0 Å². The number of unbranched alkanes of at least 4 members (excludes halogenated alkanes) is 22. The lowest BCUT2D eigenvalue weighted by molar-refractivity contribution is -0.150. The number of hydrogen-bond acceptors (Lipinski definition) is 6. The van der Waals surface area contributed by atoms with E-state index in [4.69, 9.17) is 9.47 Å². The normalized spacial score (nSPS) is 12.7. The molecule has 0 radical (unpaired) electrons. The van der Waals surface area contributed by atoms with Crippen molar-refractivity contribution in [3.05, 3.63) is 0 Å². The van der Waals surface area contributed by atoms with E-state index in [1.165, 1.54) is 103 Å². The van der Waals surface area contributed by atoms with Crippen LogP contribution >= 0.6 is 0 Å². The standard InChI is InChI=1S/C47H93NO5/c1-5-9-13-17-19-27-36-44(34-25-15-11-7-3)46(50)52-42-31-23-21-29-38-48(40-33-41-49)39-30-22-24-32-43-53-47(51)45(35-26-16-12-8-4)37-28-20-18-14-10-6-2/h44-45,49H,5-43H2,1-4H3. The number of ether oxygens (including phenoxy) is 2. The molecule has 1 N–H and O–H groups in total. The molecular formula is C47H93NO5. The molecule has 0 aromatic heterocycles. The van der Waals surface area contributed by atoms with E-state index in [-0.39, 0.29) is 30.4 Å². The molecule has 0 aromatic carbocycles. The molecule has 0 fully saturated rings. The van der Waals surface area contributed by atoms with Crippen molar-refractivity contribution < 1.29 is 24.2 Å². The molecule has 0 saturated heterocycles. The maximum Gasteiger partial charge on any atom is 0.308 e. The molecule has 0 aromatic rings. The van der Waals surface area contributed by atoms with Gasteiger partial charge in [-0.25, -0.2) is 0 Å². The average molecular weight is 752 g/mol. The van der Waals surface area contributed by atoms with Crippen molar-refractivity contribution in [3.8, 4) is 0 Å².